The van der Waals surface area contributed by atoms with Crippen molar-refractivity contribution in [3.8, 4) is 0 Å². The second-order valence-electron chi connectivity index (χ2n) is 7.05. The largest absolute Gasteiger partial charge is 0.481 e. The van der Waals surface area contributed by atoms with Crippen molar-refractivity contribution < 1.29 is 24.2 Å². The number of carbonyl (C=O) groups is 3. The highest BCUT2D eigenvalue weighted by Crippen LogP contribution is 2.63. The molecule has 130 valence electrons. The number of nitrogens with one attached hydrogen (secondary N) is 1. The van der Waals surface area contributed by atoms with Crippen LogP contribution in [0.1, 0.15) is 16.8 Å². The van der Waals surface area contributed by atoms with Crippen LogP contribution in [0.2, 0.25) is 0 Å². The normalized spacial score (nSPS) is 34.1. The third-order valence-corrected chi connectivity index (χ3v) is 5.81. The van der Waals surface area contributed by atoms with Gasteiger partial charge in [0.05, 0.1) is 24.5 Å². The second-order valence-corrected chi connectivity index (χ2v) is 7.05. The molecule has 0 aliphatic heterocycles. The van der Waals surface area contributed by atoms with Gasteiger partial charge in [-0.3, -0.25) is 9.59 Å². The molecule has 0 spiro atoms. The highest BCUT2D eigenvalue weighted by molar-refractivity contribution is 5.97. The smallest absolute Gasteiger partial charge is 0.337 e. The zero-order valence-electron chi connectivity index (χ0n) is 13.7. The Labute approximate surface area is 144 Å². The molecule has 1 aromatic carbocycles. The van der Waals surface area contributed by atoms with Gasteiger partial charge in [0.1, 0.15) is 0 Å². The molecule has 2 bridgehead atoms. The Morgan fingerprint density at radius 3 is 2.20 bits per heavy atom. The van der Waals surface area contributed by atoms with Crippen molar-refractivity contribution in [3.05, 3.63) is 42.0 Å². The lowest BCUT2D eigenvalue weighted by atomic mass is 9.62. The van der Waals surface area contributed by atoms with Crippen LogP contribution in [0.5, 0.6) is 0 Å². The van der Waals surface area contributed by atoms with E-state index in [9.17, 15) is 19.5 Å². The monoisotopic (exact) mass is 341 g/mol. The summed E-state index contributed by atoms with van der Waals surface area (Å²) < 4.78 is 4.64. The van der Waals surface area contributed by atoms with E-state index in [0.29, 0.717) is 23.1 Å². The predicted octanol–water partition coefficient (Wildman–Crippen LogP) is 2.18. The first kappa shape index (κ1) is 15.9. The van der Waals surface area contributed by atoms with Gasteiger partial charge in [-0.05, 0) is 54.4 Å². The van der Waals surface area contributed by atoms with Gasteiger partial charge in [0, 0.05) is 5.69 Å². The molecular weight excluding hydrogens is 322 g/mol. The number of carboxylic acid groups (broad SMARTS) is 1. The summed E-state index contributed by atoms with van der Waals surface area (Å²) in [5.74, 6) is -1.96. The van der Waals surface area contributed by atoms with E-state index in [1.54, 1.807) is 24.3 Å². The Morgan fingerprint density at radius 2 is 1.64 bits per heavy atom. The molecule has 0 aromatic heterocycles. The molecule has 2 saturated carbocycles. The number of fused-ring (bicyclic) bond motifs is 1. The summed E-state index contributed by atoms with van der Waals surface area (Å²) in [6.45, 7) is 0. The van der Waals surface area contributed by atoms with Gasteiger partial charge in [-0.25, -0.2) is 4.79 Å². The third kappa shape index (κ3) is 2.52. The average molecular weight is 341 g/mol. The van der Waals surface area contributed by atoms with Gasteiger partial charge in [-0.15, -0.1) is 0 Å². The van der Waals surface area contributed by atoms with E-state index in [2.05, 4.69) is 10.1 Å². The summed E-state index contributed by atoms with van der Waals surface area (Å²) in [4.78, 5) is 36.0. The Balaban J connectivity index is 1.53. The predicted molar refractivity (Wildman–Crippen MR) is 88.7 cm³/mol. The summed E-state index contributed by atoms with van der Waals surface area (Å²) in [7, 11) is 1.31. The van der Waals surface area contributed by atoms with E-state index in [4.69, 9.17) is 0 Å². The summed E-state index contributed by atoms with van der Waals surface area (Å²) >= 11 is 0. The van der Waals surface area contributed by atoms with E-state index < -0.39 is 23.8 Å². The van der Waals surface area contributed by atoms with Crippen molar-refractivity contribution in [2.75, 3.05) is 12.4 Å². The van der Waals surface area contributed by atoms with Crippen molar-refractivity contribution in [1.29, 1.82) is 0 Å². The van der Waals surface area contributed by atoms with Gasteiger partial charge >= 0.3 is 11.9 Å². The maximum absolute atomic E-state index is 12.8. The molecule has 6 unspecified atom stereocenters. The molecule has 6 nitrogen and oxygen atoms in total. The van der Waals surface area contributed by atoms with Crippen LogP contribution >= 0.6 is 0 Å². The maximum Gasteiger partial charge on any atom is 0.337 e. The van der Waals surface area contributed by atoms with Crippen LogP contribution < -0.4 is 5.32 Å². The molecule has 1 aromatic rings. The molecule has 5 rings (SSSR count). The number of methoxy groups -OCH3 is 1. The lowest BCUT2D eigenvalue weighted by molar-refractivity contribution is -0.152. The number of hydrogen-bond acceptors (Lipinski definition) is 4. The third-order valence-electron chi connectivity index (χ3n) is 5.81. The van der Waals surface area contributed by atoms with Crippen LogP contribution in [-0.2, 0) is 14.3 Å². The summed E-state index contributed by atoms with van der Waals surface area (Å²) in [6.07, 6.45) is 5.04. The number of ether oxygens (including phenoxy) is 1. The first-order chi connectivity index (χ1) is 12.0. The molecule has 1 amide bonds. The molecule has 4 aliphatic carbocycles. The zero-order chi connectivity index (χ0) is 17.7. The fraction of sp³-hybridized carbons (Fsp3) is 0.421. The Hall–Kier alpha value is -2.63. The van der Waals surface area contributed by atoms with Crippen LogP contribution in [0.4, 0.5) is 5.69 Å². The quantitative estimate of drug-likeness (QED) is 0.647. The molecule has 25 heavy (non-hydrogen) atoms. The lowest BCUT2D eigenvalue weighted by Crippen LogP contribution is -2.48. The van der Waals surface area contributed by atoms with Crippen LogP contribution in [0, 0.1) is 35.5 Å². The van der Waals surface area contributed by atoms with Crippen molar-refractivity contribution in [2.24, 2.45) is 35.5 Å². The first-order valence-corrected chi connectivity index (χ1v) is 8.41. The van der Waals surface area contributed by atoms with Crippen molar-refractivity contribution in [2.45, 2.75) is 6.42 Å². The average Bonchev–Trinajstić information content (AvgIpc) is 3.43. The van der Waals surface area contributed by atoms with Crippen molar-refractivity contribution in [3.63, 3.8) is 0 Å². The van der Waals surface area contributed by atoms with E-state index >= 15 is 0 Å². The van der Waals surface area contributed by atoms with Crippen LogP contribution in [0.15, 0.2) is 36.4 Å². The fourth-order valence-corrected chi connectivity index (χ4v) is 4.60. The molecule has 2 N–H and O–H groups in total. The van der Waals surface area contributed by atoms with Crippen LogP contribution in [-0.4, -0.2) is 30.1 Å². The molecule has 2 fully saturated rings. The minimum atomic E-state index is -0.897. The molecule has 4 aliphatic rings. The zero-order valence-corrected chi connectivity index (χ0v) is 13.7. The van der Waals surface area contributed by atoms with E-state index in [1.807, 2.05) is 12.2 Å². The molecule has 0 radical (unpaired) electrons. The van der Waals surface area contributed by atoms with E-state index in [-0.39, 0.29) is 17.7 Å². The number of hydrogen-bond donors (Lipinski definition) is 2. The Kier molecular flexibility index (Phi) is 3.63. The summed E-state index contributed by atoms with van der Waals surface area (Å²) in [5, 5.41) is 12.5. The number of esters is 1. The molecular formula is C19H19NO5. The number of benzene rings is 1. The number of amides is 1. The number of aliphatic carboxylic acids is 1. The topological polar surface area (TPSA) is 92.7 Å². The maximum atomic E-state index is 12.8. The SMILES string of the molecule is COC(=O)c1ccc(NC(=O)C2C3C=CC(C4CC34)C2C(=O)O)cc1. The Bertz CT molecular complexity index is 769. The number of anilines is 1. The summed E-state index contributed by atoms with van der Waals surface area (Å²) in [5.41, 5.74) is 0.934. The standard InChI is InChI=1S/C19H19NO5/c1-25-19(24)9-2-4-10(5-3-9)20-17(21)15-11-6-7-12(14-8-13(11)14)16(15)18(22)23/h2-7,11-16H,8H2,1H3,(H,20,21)(H,22,23). The van der Waals surface area contributed by atoms with E-state index in [0.717, 1.165) is 6.42 Å². The van der Waals surface area contributed by atoms with Crippen molar-refractivity contribution >= 4 is 23.5 Å². The highest BCUT2D eigenvalue weighted by atomic mass is 16.5. The minimum absolute atomic E-state index is 0.00504. The van der Waals surface area contributed by atoms with Crippen molar-refractivity contribution in [1.82, 2.24) is 0 Å². The van der Waals surface area contributed by atoms with Gasteiger partial charge in [0.25, 0.3) is 0 Å². The molecule has 6 atom stereocenters. The van der Waals surface area contributed by atoms with Gasteiger partial charge in [-0.2, -0.15) is 0 Å². The van der Waals surface area contributed by atoms with Crippen LogP contribution in [0.25, 0.3) is 0 Å². The van der Waals surface area contributed by atoms with Gasteiger partial charge in [-0.1, -0.05) is 12.2 Å². The van der Waals surface area contributed by atoms with E-state index in [1.165, 1.54) is 7.11 Å². The van der Waals surface area contributed by atoms with Gasteiger partial charge in [0.15, 0.2) is 0 Å². The highest BCUT2D eigenvalue weighted by Gasteiger charge is 2.62. The molecule has 0 heterocycles. The van der Waals surface area contributed by atoms with Gasteiger partial charge in [0.2, 0.25) is 5.91 Å². The number of allylic oxidation sites excluding steroid dienone is 2. The minimum Gasteiger partial charge on any atom is -0.481 e. The molecule has 0 saturated heterocycles. The molecule has 6 heteroatoms. The summed E-state index contributed by atoms with van der Waals surface area (Å²) in [6, 6.07) is 6.38. The lowest BCUT2D eigenvalue weighted by Gasteiger charge is -2.41. The number of carboxylic acids is 1. The second kappa shape index (κ2) is 5.72. The van der Waals surface area contributed by atoms with Gasteiger partial charge < -0.3 is 15.2 Å². The number of rotatable bonds is 4. The van der Waals surface area contributed by atoms with Crippen LogP contribution in [0.3, 0.4) is 0 Å². The fourth-order valence-electron chi connectivity index (χ4n) is 4.60. The Morgan fingerprint density at radius 1 is 1.04 bits per heavy atom. The number of carbonyl (C=O) groups excluding carboxylic acids is 2. The first-order valence-electron chi connectivity index (χ1n) is 8.41.